The highest BCUT2D eigenvalue weighted by Crippen LogP contribution is 2.59. The smallest absolute Gasteiger partial charge is 0.228 e. The van der Waals surface area contributed by atoms with Crippen LogP contribution >= 0.6 is 0 Å². The number of carbonyl (C=O) groups is 1. The van der Waals surface area contributed by atoms with Crippen LogP contribution in [0.15, 0.2) is 72.8 Å². The Bertz CT molecular complexity index is 1020. The molecule has 29 heavy (non-hydrogen) atoms. The van der Waals surface area contributed by atoms with E-state index in [1.54, 1.807) is 0 Å². The van der Waals surface area contributed by atoms with Gasteiger partial charge in [-0.15, -0.1) is 0 Å². The van der Waals surface area contributed by atoms with Gasteiger partial charge in [0.05, 0.1) is 5.92 Å². The van der Waals surface area contributed by atoms with Crippen molar-refractivity contribution in [3.8, 4) is 0 Å². The highest BCUT2D eigenvalue weighted by molar-refractivity contribution is 5.95. The molecule has 3 aliphatic rings. The molecule has 3 aromatic rings. The normalized spacial score (nSPS) is 23.9. The first kappa shape index (κ1) is 18.2. The van der Waals surface area contributed by atoms with Gasteiger partial charge in [0.15, 0.2) is 0 Å². The van der Waals surface area contributed by atoms with Gasteiger partial charge < -0.3 is 5.32 Å². The second-order valence-electron chi connectivity index (χ2n) is 8.55. The summed E-state index contributed by atoms with van der Waals surface area (Å²) in [6, 6.07) is 25.7. The van der Waals surface area contributed by atoms with Crippen LogP contribution in [0.3, 0.4) is 0 Å². The van der Waals surface area contributed by atoms with Gasteiger partial charge in [0, 0.05) is 17.5 Å². The van der Waals surface area contributed by atoms with E-state index in [0.29, 0.717) is 11.8 Å². The Kier molecular flexibility index (Phi) is 4.50. The number of hydrogen-bond donors (Lipinski definition) is 1. The lowest BCUT2D eigenvalue weighted by atomic mass is 9.53. The van der Waals surface area contributed by atoms with E-state index in [-0.39, 0.29) is 17.7 Å². The standard InChI is InChI=1S/C27H27NO/c1-3-9-23-24-19-12-4-6-14-21(19)25(22-15-7-5-13-20(22)24)26(23)27(29)28-18-11-8-10-17(2)16-18/h4-8,10-16,23-26H,3,9H2,1-2H3,(H,28,29)/t23-,24?,25?,26+/m0/s1. The molecule has 0 unspecified atom stereocenters. The summed E-state index contributed by atoms with van der Waals surface area (Å²) in [5.41, 5.74) is 7.59. The van der Waals surface area contributed by atoms with E-state index in [1.165, 1.54) is 22.3 Å². The molecule has 2 bridgehead atoms. The molecule has 2 atom stereocenters. The molecule has 0 saturated carbocycles. The van der Waals surface area contributed by atoms with Crippen LogP contribution < -0.4 is 5.32 Å². The molecule has 146 valence electrons. The van der Waals surface area contributed by atoms with Crippen LogP contribution in [0.1, 0.15) is 59.4 Å². The largest absolute Gasteiger partial charge is 0.326 e. The van der Waals surface area contributed by atoms with E-state index in [2.05, 4.69) is 79.8 Å². The van der Waals surface area contributed by atoms with Crippen LogP contribution in [-0.4, -0.2) is 5.91 Å². The third-order valence-electron chi connectivity index (χ3n) is 6.79. The Hall–Kier alpha value is -2.87. The average molecular weight is 382 g/mol. The summed E-state index contributed by atoms with van der Waals surface area (Å²) in [6.45, 7) is 4.29. The first-order valence-corrected chi connectivity index (χ1v) is 10.7. The molecule has 0 aliphatic heterocycles. The molecule has 0 heterocycles. The predicted molar refractivity (Wildman–Crippen MR) is 118 cm³/mol. The molecule has 0 saturated heterocycles. The minimum atomic E-state index is -0.0368. The molecule has 3 aliphatic carbocycles. The summed E-state index contributed by atoms with van der Waals surface area (Å²) >= 11 is 0. The number of amides is 1. The quantitative estimate of drug-likeness (QED) is 0.568. The van der Waals surface area contributed by atoms with Gasteiger partial charge in [0.25, 0.3) is 0 Å². The van der Waals surface area contributed by atoms with Gasteiger partial charge >= 0.3 is 0 Å². The summed E-state index contributed by atoms with van der Waals surface area (Å²) in [7, 11) is 0. The lowest BCUT2D eigenvalue weighted by molar-refractivity contribution is -0.123. The first-order chi connectivity index (χ1) is 14.2. The number of carbonyl (C=O) groups excluding carboxylic acids is 1. The summed E-state index contributed by atoms with van der Waals surface area (Å²) in [5, 5.41) is 3.25. The van der Waals surface area contributed by atoms with Crippen molar-refractivity contribution in [2.75, 3.05) is 5.32 Å². The van der Waals surface area contributed by atoms with Gasteiger partial charge in [0.2, 0.25) is 5.91 Å². The maximum absolute atomic E-state index is 13.7. The summed E-state index contributed by atoms with van der Waals surface area (Å²) in [5.74, 6) is 0.896. The number of rotatable bonds is 4. The highest BCUT2D eigenvalue weighted by Gasteiger charge is 2.51. The highest BCUT2D eigenvalue weighted by atomic mass is 16.1. The molecule has 0 radical (unpaired) electrons. The Morgan fingerprint density at radius 1 is 0.828 bits per heavy atom. The van der Waals surface area contributed by atoms with Crippen LogP contribution in [0, 0.1) is 18.8 Å². The van der Waals surface area contributed by atoms with Crippen LogP contribution in [0.4, 0.5) is 5.69 Å². The Morgan fingerprint density at radius 2 is 1.41 bits per heavy atom. The maximum Gasteiger partial charge on any atom is 0.228 e. The third kappa shape index (κ3) is 2.90. The monoisotopic (exact) mass is 381 g/mol. The van der Waals surface area contributed by atoms with Gasteiger partial charge in [-0.1, -0.05) is 74.0 Å². The van der Waals surface area contributed by atoms with E-state index in [1.807, 2.05) is 12.1 Å². The van der Waals surface area contributed by atoms with E-state index in [4.69, 9.17) is 0 Å². The number of anilines is 1. The van der Waals surface area contributed by atoms with E-state index < -0.39 is 0 Å². The maximum atomic E-state index is 13.7. The van der Waals surface area contributed by atoms with Crippen LogP contribution in [0.2, 0.25) is 0 Å². The predicted octanol–water partition coefficient (Wildman–Crippen LogP) is 6.26. The molecule has 3 aromatic carbocycles. The topological polar surface area (TPSA) is 29.1 Å². The number of fused-ring (bicyclic) bond motifs is 1. The Morgan fingerprint density at radius 3 is 1.97 bits per heavy atom. The van der Waals surface area contributed by atoms with Crippen molar-refractivity contribution in [2.45, 2.75) is 38.5 Å². The van der Waals surface area contributed by atoms with E-state index in [0.717, 1.165) is 24.1 Å². The Balaban J connectivity index is 1.62. The lowest BCUT2D eigenvalue weighted by Gasteiger charge is -2.50. The molecule has 2 heteroatoms. The molecule has 1 amide bonds. The molecule has 0 aromatic heterocycles. The zero-order chi connectivity index (χ0) is 20.0. The summed E-state index contributed by atoms with van der Waals surface area (Å²) in [4.78, 5) is 13.7. The van der Waals surface area contributed by atoms with Crippen molar-refractivity contribution in [2.24, 2.45) is 11.8 Å². The molecule has 1 N–H and O–H groups in total. The van der Waals surface area contributed by atoms with Crippen molar-refractivity contribution >= 4 is 11.6 Å². The molecule has 2 nitrogen and oxygen atoms in total. The van der Waals surface area contributed by atoms with Crippen LogP contribution in [0.5, 0.6) is 0 Å². The minimum Gasteiger partial charge on any atom is -0.326 e. The number of benzene rings is 3. The molecular weight excluding hydrogens is 354 g/mol. The fourth-order valence-electron chi connectivity index (χ4n) is 5.77. The van der Waals surface area contributed by atoms with Crippen molar-refractivity contribution in [3.05, 3.63) is 101 Å². The van der Waals surface area contributed by atoms with Gasteiger partial charge in [-0.2, -0.15) is 0 Å². The van der Waals surface area contributed by atoms with Gasteiger partial charge in [-0.25, -0.2) is 0 Å². The van der Waals surface area contributed by atoms with Crippen LogP contribution in [0.25, 0.3) is 0 Å². The van der Waals surface area contributed by atoms with Crippen molar-refractivity contribution < 1.29 is 4.79 Å². The van der Waals surface area contributed by atoms with Crippen molar-refractivity contribution in [3.63, 3.8) is 0 Å². The molecule has 0 fully saturated rings. The SMILES string of the molecule is CCC[C@H]1C2c3ccccc3C(c3ccccc32)[C@@H]1C(=O)Nc1cccc(C)c1. The van der Waals surface area contributed by atoms with Crippen molar-refractivity contribution in [1.82, 2.24) is 0 Å². The molecule has 0 spiro atoms. The zero-order valence-electron chi connectivity index (χ0n) is 17.1. The summed E-state index contributed by atoms with van der Waals surface area (Å²) in [6.07, 6.45) is 2.15. The zero-order valence-corrected chi connectivity index (χ0v) is 17.1. The third-order valence-corrected chi connectivity index (χ3v) is 6.79. The first-order valence-electron chi connectivity index (χ1n) is 10.7. The molecule has 6 rings (SSSR count). The number of hydrogen-bond acceptors (Lipinski definition) is 1. The Labute approximate surface area is 173 Å². The number of nitrogens with one attached hydrogen (secondary N) is 1. The van der Waals surface area contributed by atoms with Crippen molar-refractivity contribution in [1.29, 1.82) is 0 Å². The van der Waals surface area contributed by atoms with Crippen LogP contribution in [-0.2, 0) is 4.79 Å². The fraction of sp³-hybridized carbons (Fsp3) is 0.296. The second kappa shape index (κ2) is 7.18. The number of aryl methyl sites for hydroxylation is 1. The lowest BCUT2D eigenvalue weighted by Crippen LogP contribution is -2.45. The molecular formula is C27H27NO. The van der Waals surface area contributed by atoms with Gasteiger partial charge in [-0.05, 0) is 59.2 Å². The van der Waals surface area contributed by atoms with Gasteiger partial charge in [-0.3, -0.25) is 4.79 Å². The summed E-state index contributed by atoms with van der Waals surface area (Å²) < 4.78 is 0. The second-order valence-corrected chi connectivity index (χ2v) is 8.55. The van der Waals surface area contributed by atoms with E-state index in [9.17, 15) is 4.79 Å². The van der Waals surface area contributed by atoms with Gasteiger partial charge in [0.1, 0.15) is 0 Å². The minimum absolute atomic E-state index is 0.0368. The average Bonchev–Trinajstić information content (AvgIpc) is 2.74. The fourth-order valence-corrected chi connectivity index (χ4v) is 5.77. The van der Waals surface area contributed by atoms with E-state index >= 15 is 0 Å².